The molecule has 98 valence electrons. The van der Waals surface area contributed by atoms with Crippen molar-refractivity contribution >= 4 is 21.6 Å². The average Bonchev–Trinajstić information content (AvgIpc) is 3.01. The van der Waals surface area contributed by atoms with Gasteiger partial charge in [0.05, 0.1) is 22.8 Å². The summed E-state index contributed by atoms with van der Waals surface area (Å²) in [6.07, 6.45) is 3.78. The number of thiazole rings is 1. The van der Waals surface area contributed by atoms with Crippen LogP contribution in [0.3, 0.4) is 0 Å². The summed E-state index contributed by atoms with van der Waals surface area (Å²) in [7, 11) is 2.01. The first-order valence-electron chi connectivity index (χ1n) is 6.29. The number of aryl methyl sites for hydroxylation is 1. The number of para-hydroxylation sites is 1. The fraction of sp³-hybridized carbons (Fsp3) is 0.286. The van der Waals surface area contributed by atoms with Crippen molar-refractivity contribution in [1.82, 2.24) is 19.9 Å². The highest BCUT2D eigenvalue weighted by Gasteiger charge is 2.11. The Kier molecular flexibility index (Phi) is 3.31. The smallest absolute Gasteiger partial charge is 0.122 e. The second-order valence-corrected chi connectivity index (χ2v) is 5.64. The highest BCUT2D eigenvalue weighted by Crippen LogP contribution is 2.26. The van der Waals surface area contributed by atoms with Crippen LogP contribution in [0.5, 0.6) is 0 Å². The topological polar surface area (TPSA) is 42.7 Å². The lowest BCUT2D eigenvalue weighted by molar-refractivity contribution is 0.548. The highest BCUT2D eigenvalue weighted by atomic mass is 32.1. The molecule has 4 nitrogen and oxygen atoms in total. The zero-order valence-electron chi connectivity index (χ0n) is 11.0. The van der Waals surface area contributed by atoms with Gasteiger partial charge in [-0.05, 0) is 19.1 Å². The molecule has 3 rings (SSSR count). The predicted molar refractivity (Wildman–Crippen MR) is 78.1 cm³/mol. The van der Waals surface area contributed by atoms with Crippen molar-refractivity contribution in [2.75, 3.05) is 0 Å². The van der Waals surface area contributed by atoms with Gasteiger partial charge in [-0.15, -0.1) is 11.3 Å². The molecule has 0 bridgehead atoms. The Hall–Kier alpha value is -1.72. The van der Waals surface area contributed by atoms with E-state index in [1.54, 1.807) is 11.3 Å². The second kappa shape index (κ2) is 5.11. The van der Waals surface area contributed by atoms with Crippen LogP contribution in [0.2, 0.25) is 0 Å². The minimum absolute atomic E-state index is 0.231. The van der Waals surface area contributed by atoms with Gasteiger partial charge in [0.25, 0.3) is 0 Å². The van der Waals surface area contributed by atoms with Crippen LogP contribution in [-0.2, 0) is 13.6 Å². The van der Waals surface area contributed by atoms with Gasteiger partial charge in [-0.25, -0.2) is 9.97 Å². The zero-order valence-corrected chi connectivity index (χ0v) is 11.8. The van der Waals surface area contributed by atoms with E-state index in [0.717, 1.165) is 22.9 Å². The lowest BCUT2D eigenvalue weighted by atomic mass is 10.3. The van der Waals surface area contributed by atoms with E-state index >= 15 is 0 Å². The third-order valence-electron chi connectivity index (χ3n) is 3.17. The molecule has 1 aromatic carbocycles. The number of nitrogens with zero attached hydrogens (tertiary/aromatic N) is 3. The maximum absolute atomic E-state index is 4.66. The molecule has 0 aliphatic heterocycles. The van der Waals surface area contributed by atoms with E-state index in [0.29, 0.717) is 0 Å². The Bertz CT molecular complexity index is 652. The summed E-state index contributed by atoms with van der Waals surface area (Å²) in [6, 6.07) is 8.48. The van der Waals surface area contributed by atoms with Crippen molar-refractivity contribution in [3.05, 3.63) is 47.5 Å². The quantitative estimate of drug-likeness (QED) is 0.794. The molecule has 1 N–H and O–H groups in total. The third kappa shape index (κ3) is 2.52. The monoisotopic (exact) mass is 272 g/mol. The maximum atomic E-state index is 4.66. The van der Waals surface area contributed by atoms with Crippen molar-refractivity contribution in [1.29, 1.82) is 0 Å². The summed E-state index contributed by atoms with van der Waals surface area (Å²) in [6.45, 7) is 2.89. The Morgan fingerprint density at radius 1 is 1.37 bits per heavy atom. The van der Waals surface area contributed by atoms with Crippen LogP contribution >= 0.6 is 11.3 Å². The lowest BCUT2D eigenvalue weighted by Gasteiger charge is -2.10. The molecule has 0 radical (unpaired) electrons. The largest absolute Gasteiger partial charge is 0.337 e. The van der Waals surface area contributed by atoms with Crippen LogP contribution in [-0.4, -0.2) is 14.5 Å². The van der Waals surface area contributed by atoms with Gasteiger partial charge in [0.2, 0.25) is 0 Å². The number of nitrogens with one attached hydrogen (secondary N) is 1. The van der Waals surface area contributed by atoms with E-state index in [4.69, 9.17) is 0 Å². The number of aromatic nitrogens is 3. The van der Waals surface area contributed by atoms with Crippen LogP contribution < -0.4 is 5.32 Å². The van der Waals surface area contributed by atoms with Crippen LogP contribution in [0.4, 0.5) is 0 Å². The molecule has 0 saturated carbocycles. The first-order chi connectivity index (χ1) is 9.24. The first kappa shape index (κ1) is 12.3. The van der Waals surface area contributed by atoms with Gasteiger partial charge in [-0.2, -0.15) is 0 Å². The van der Waals surface area contributed by atoms with Crippen LogP contribution in [0, 0.1) is 0 Å². The standard InChI is InChI=1S/C14H16N4S/c1-10(16-9-13-15-7-8-18(13)2)14-17-11-5-3-4-6-12(11)19-14/h3-8,10,16H,9H2,1-2H3. The molecule has 0 fully saturated rings. The summed E-state index contributed by atoms with van der Waals surface area (Å²) >= 11 is 1.75. The Balaban J connectivity index is 1.73. The van der Waals surface area contributed by atoms with E-state index in [2.05, 4.69) is 40.4 Å². The van der Waals surface area contributed by atoms with Crippen LogP contribution in [0.25, 0.3) is 10.2 Å². The van der Waals surface area contributed by atoms with E-state index in [1.807, 2.05) is 30.1 Å². The molecule has 0 spiro atoms. The highest BCUT2D eigenvalue weighted by molar-refractivity contribution is 7.18. The fourth-order valence-corrected chi connectivity index (χ4v) is 2.97. The molecule has 3 aromatic rings. The third-order valence-corrected chi connectivity index (χ3v) is 4.39. The summed E-state index contributed by atoms with van der Waals surface area (Å²) in [5.41, 5.74) is 1.08. The van der Waals surface area contributed by atoms with Crippen molar-refractivity contribution < 1.29 is 0 Å². The maximum Gasteiger partial charge on any atom is 0.122 e. The van der Waals surface area contributed by atoms with E-state index in [-0.39, 0.29) is 6.04 Å². The number of fused-ring (bicyclic) bond motifs is 1. The van der Waals surface area contributed by atoms with Gasteiger partial charge >= 0.3 is 0 Å². The van der Waals surface area contributed by atoms with Gasteiger partial charge < -0.3 is 9.88 Å². The number of rotatable bonds is 4. The lowest BCUT2D eigenvalue weighted by Crippen LogP contribution is -2.20. The minimum atomic E-state index is 0.231. The van der Waals surface area contributed by atoms with Crippen LogP contribution in [0.1, 0.15) is 23.8 Å². The summed E-state index contributed by atoms with van der Waals surface area (Å²) < 4.78 is 3.26. The fourth-order valence-electron chi connectivity index (χ4n) is 1.97. The molecule has 19 heavy (non-hydrogen) atoms. The molecule has 0 amide bonds. The first-order valence-corrected chi connectivity index (χ1v) is 7.11. The molecule has 1 unspecified atom stereocenters. The molecule has 5 heteroatoms. The van der Waals surface area contributed by atoms with E-state index in [1.165, 1.54) is 4.70 Å². The number of imidazole rings is 1. The molecular formula is C14H16N4S. The Labute approximate surface area is 116 Å². The van der Waals surface area contributed by atoms with Crippen molar-refractivity contribution in [3.8, 4) is 0 Å². The molecule has 2 heterocycles. The molecule has 0 aliphatic rings. The number of hydrogen-bond acceptors (Lipinski definition) is 4. The van der Waals surface area contributed by atoms with Gasteiger partial charge in [0.15, 0.2) is 0 Å². The van der Waals surface area contributed by atoms with Gasteiger partial charge in [-0.1, -0.05) is 12.1 Å². The molecular weight excluding hydrogens is 256 g/mol. The van der Waals surface area contributed by atoms with Crippen LogP contribution in [0.15, 0.2) is 36.7 Å². The SMILES string of the molecule is CC(NCc1nccn1C)c1nc2ccccc2s1. The number of hydrogen-bond donors (Lipinski definition) is 1. The summed E-state index contributed by atoms with van der Waals surface area (Å²) in [5, 5.41) is 4.59. The number of benzene rings is 1. The Morgan fingerprint density at radius 2 is 2.21 bits per heavy atom. The van der Waals surface area contributed by atoms with E-state index in [9.17, 15) is 0 Å². The summed E-state index contributed by atoms with van der Waals surface area (Å²) in [5.74, 6) is 1.04. The minimum Gasteiger partial charge on any atom is -0.337 e. The molecule has 0 saturated heterocycles. The average molecular weight is 272 g/mol. The second-order valence-electron chi connectivity index (χ2n) is 4.58. The van der Waals surface area contributed by atoms with Crippen molar-refractivity contribution in [3.63, 3.8) is 0 Å². The summed E-state index contributed by atoms with van der Waals surface area (Å²) in [4.78, 5) is 8.97. The Morgan fingerprint density at radius 3 is 2.95 bits per heavy atom. The van der Waals surface area contributed by atoms with Gasteiger partial charge in [0, 0.05) is 19.4 Å². The van der Waals surface area contributed by atoms with Crippen molar-refractivity contribution in [2.24, 2.45) is 7.05 Å². The zero-order chi connectivity index (χ0) is 13.2. The van der Waals surface area contributed by atoms with Gasteiger partial charge in [-0.3, -0.25) is 0 Å². The van der Waals surface area contributed by atoms with E-state index < -0.39 is 0 Å². The molecule has 2 aromatic heterocycles. The predicted octanol–water partition coefficient (Wildman–Crippen LogP) is 2.88. The van der Waals surface area contributed by atoms with Gasteiger partial charge in [0.1, 0.15) is 10.8 Å². The molecule has 0 aliphatic carbocycles. The van der Waals surface area contributed by atoms with Crippen molar-refractivity contribution in [2.45, 2.75) is 19.5 Å². The normalized spacial score (nSPS) is 12.9. The molecule has 1 atom stereocenters.